The van der Waals surface area contributed by atoms with Crippen LogP contribution in [0.3, 0.4) is 0 Å². The van der Waals surface area contributed by atoms with Crippen molar-refractivity contribution in [3.63, 3.8) is 0 Å². The summed E-state index contributed by atoms with van der Waals surface area (Å²) in [6.45, 7) is 1.77. The average Bonchev–Trinajstić information content (AvgIpc) is 2.38. The molecule has 1 aromatic rings. The Balaban J connectivity index is 2.44. The van der Waals surface area contributed by atoms with Crippen LogP contribution in [-0.4, -0.2) is 23.1 Å². The van der Waals surface area contributed by atoms with Gasteiger partial charge in [0.2, 0.25) is 5.95 Å². The number of hydrazine groups is 1. The van der Waals surface area contributed by atoms with Gasteiger partial charge in [-0.2, -0.15) is 15.2 Å². The summed E-state index contributed by atoms with van der Waals surface area (Å²) < 4.78 is 0. The van der Waals surface area contributed by atoms with Gasteiger partial charge in [0.1, 0.15) is 11.6 Å². The number of piperidine rings is 1. The Hall–Kier alpha value is -2.07. The minimum absolute atomic E-state index is 0.123. The molecule has 0 bridgehead atoms. The summed E-state index contributed by atoms with van der Waals surface area (Å²) in [4.78, 5) is 10.1. The number of aromatic nitrogens is 2. The van der Waals surface area contributed by atoms with E-state index in [0.717, 1.165) is 25.9 Å². The lowest BCUT2D eigenvalue weighted by Gasteiger charge is -2.28. The summed E-state index contributed by atoms with van der Waals surface area (Å²) in [5.74, 6) is 6.31. The number of rotatable bonds is 2. The van der Waals surface area contributed by atoms with E-state index in [1.807, 2.05) is 0 Å². The quantitative estimate of drug-likeness (QED) is 0.493. The number of hydrogen-bond acceptors (Lipinski definition) is 7. The summed E-state index contributed by atoms with van der Waals surface area (Å²) in [7, 11) is 0. The number of nitriles is 1. The van der Waals surface area contributed by atoms with Crippen molar-refractivity contribution in [2.75, 3.05) is 29.1 Å². The zero-order valence-corrected chi connectivity index (χ0v) is 9.48. The van der Waals surface area contributed by atoms with Crippen LogP contribution in [0.15, 0.2) is 0 Å². The molecule has 5 N–H and O–H groups in total. The summed E-state index contributed by atoms with van der Waals surface area (Å²) in [5, 5.41) is 9.16. The van der Waals surface area contributed by atoms with Crippen LogP contribution in [0.4, 0.5) is 17.6 Å². The highest BCUT2D eigenvalue weighted by Gasteiger charge is 2.20. The van der Waals surface area contributed by atoms with E-state index in [9.17, 15) is 0 Å². The van der Waals surface area contributed by atoms with Gasteiger partial charge in [0.25, 0.3) is 0 Å². The molecule has 2 rings (SSSR count). The van der Waals surface area contributed by atoms with Gasteiger partial charge in [0.15, 0.2) is 11.6 Å². The van der Waals surface area contributed by atoms with Crippen molar-refractivity contribution in [3.05, 3.63) is 5.56 Å². The third-order valence-electron chi connectivity index (χ3n) is 2.81. The van der Waals surface area contributed by atoms with Crippen LogP contribution in [0, 0.1) is 11.3 Å². The maximum absolute atomic E-state index is 9.16. The topological polar surface area (TPSA) is 117 Å². The second-order valence-corrected chi connectivity index (χ2v) is 3.93. The summed E-state index contributed by atoms with van der Waals surface area (Å²) in [5.41, 5.74) is 8.35. The third kappa shape index (κ3) is 2.21. The fraction of sp³-hybridized carbons (Fsp3) is 0.500. The maximum atomic E-state index is 9.16. The first kappa shape index (κ1) is 11.4. The van der Waals surface area contributed by atoms with Crippen LogP contribution >= 0.6 is 0 Å². The van der Waals surface area contributed by atoms with Crippen molar-refractivity contribution in [1.29, 1.82) is 5.26 Å². The van der Waals surface area contributed by atoms with E-state index in [1.54, 1.807) is 0 Å². The molecule has 1 aliphatic heterocycles. The van der Waals surface area contributed by atoms with Crippen LogP contribution in [-0.2, 0) is 0 Å². The second-order valence-electron chi connectivity index (χ2n) is 3.93. The SMILES string of the molecule is N#Cc1c(NN)nc(N)nc1N1CCCCC1. The molecule has 2 heterocycles. The lowest BCUT2D eigenvalue weighted by atomic mass is 10.1. The van der Waals surface area contributed by atoms with E-state index >= 15 is 0 Å². The van der Waals surface area contributed by atoms with Gasteiger partial charge in [0.05, 0.1) is 0 Å². The predicted octanol–water partition coefficient (Wildman–Crippen LogP) is 0.206. The second kappa shape index (κ2) is 4.84. The van der Waals surface area contributed by atoms with E-state index in [4.69, 9.17) is 16.8 Å². The molecule has 0 aromatic carbocycles. The van der Waals surface area contributed by atoms with Crippen LogP contribution in [0.5, 0.6) is 0 Å². The molecule has 0 radical (unpaired) electrons. The van der Waals surface area contributed by atoms with Crippen LogP contribution in [0.2, 0.25) is 0 Å². The molecule has 0 amide bonds. The van der Waals surface area contributed by atoms with Gasteiger partial charge in [0, 0.05) is 13.1 Å². The molecule has 1 aromatic heterocycles. The van der Waals surface area contributed by atoms with Gasteiger partial charge in [-0.1, -0.05) is 0 Å². The normalized spacial score (nSPS) is 15.4. The molecule has 90 valence electrons. The molecule has 7 nitrogen and oxygen atoms in total. The molecule has 7 heteroatoms. The lowest BCUT2D eigenvalue weighted by molar-refractivity contribution is 0.573. The van der Waals surface area contributed by atoms with E-state index < -0.39 is 0 Å². The van der Waals surface area contributed by atoms with Crippen LogP contribution < -0.4 is 21.9 Å². The molecule has 0 spiro atoms. The molecule has 17 heavy (non-hydrogen) atoms. The summed E-state index contributed by atoms with van der Waals surface area (Å²) >= 11 is 0. The first-order chi connectivity index (χ1) is 8.26. The maximum Gasteiger partial charge on any atom is 0.224 e. The van der Waals surface area contributed by atoms with Crippen molar-refractivity contribution in [1.82, 2.24) is 9.97 Å². The summed E-state index contributed by atoms with van der Waals surface area (Å²) in [6, 6.07) is 2.07. The van der Waals surface area contributed by atoms with E-state index in [-0.39, 0.29) is 11.8 Å². The van der Waals surface area contributed by atoms with Crippen molar-refractivity contribution in [2.24, 2.45) is 5.84 Å². The van der Waals surface area contributed by atoms with Crippen LogP contribution in [0.25, 0.3) is 0 Å². The third-order valence-corrected chi connectivity index (χ3v) is 2.81. The number of nitrogens with one attached hydrogen (secondary N) is 1. The van der Waals surface area contributed by atoms with Gasteiger partial charge in [-0.15, -0.1) is 0 Å². The largest absolute Gasteiger partial charge is 0.368 e. The van der Waals surface area contributed by atoms with Crippen LogP contribution in [0.1, 0.15) is 24.8 Å². The first-order valence-corrected chi connectivity index (χ1v) is 5.55. The minimum atomic E-state index is 0.123. The van der Waals surface area contributed by atoms with Crippen molar-refractivity contribution in [3.8, 4) is 6.07 Å². The van der Waals surface area contributed by atoms with E-state index in [2.05, 4.69) is 26.4 Å². The summed E-state index contributed by atoms with van der Waals surface area (Å²) in [6.07, 6.45) is 3.40. The van der Waals surface area contributed by atoms with Gasteiger partial charge >= 0.3 is 0 Å². The average molecular weight is 233 g/mol. The molecule has 0 saturated carbocycles. The minimum Gasteiger partial charge on any atom is -0.368 e. The number of anilines is 3. The standard InChI is InChI=1S/C10H15N7/c11-6-7-8(16-13)14-10(12)15-9(7)17-4-2-1-3-5-17/h1-5,13H2,(H3,12,14,15,16). The molecule has 1 fully saturated rings. The van der Waals surface area contributed by atoms with Gasteiger partial charge in [-0.3, -0.25) is 0 Å². The highest BCUT2D eigenvalue weighted by Crippen LogP contribution is 2.26. The van der Waals surface area contributed by atoms with Crippen molar-refractivity contribution in [2.45, 2.75) is 19.3 Å². The zero-order valence-electron chi connectivity index (χ0n) is 9.48. The molecule has 1 saturated heterocycles. The van der Waals surface area contributed by atoms with E-state index in [0.29, 0.717) is 11.4 Å². The smallest absolute Gasteiger partial charge is 0.224 e. The highest BCUT2D eigenvalue weighted by atomic mass is 15.3. The van der Waals surface area contributed by atoms with Gasteiger partial charge in [-0.05, 0) is 19.3 Å². The molecule has 0 aliphatic carbocycles. The molecule has 0 atom stereocenters. The fourth-order valence-corrected chi connectivity index (χ4v) is 2.01. The zero-order chi connectivity index (χ0) is 12.3. The predicted molar refractivity (Wildman–Crippen MR) is 65.0 cm³/mol. The Morgan fingerprint density at radius 3 is 2.53 bits per heavy atom. The van der Waals surface area contributed by atoms with Gasteiger partial charge in [-0.25, -0.2) is 5.84 Å². The number of nitrogens with zero attached hydrogens (tertiary/aromatic N) is 4. The Morgan fingerprint density at radius 1 is 1.24 bits per heavy atom. The molecular formula is C10H15N7. The Morgan fingerprint density at radius 2 is 1.94 bits per heavy atom. The number of hydrogen-bond donors (Lipinski definition) is 3. The van der Waals surface area contributed by atoms with Crippen molar-refractivity contribution < 1.29 is 0 Å². The molecule has 1 aliphatic rings. The number of nitrogen functional groups attached to an aromatic ring is 2. The lowest BCUT2D eigenvalue weighted by Crippen LogP contribution is -2.31. The molecular weight excluding hydrogens is 218 g/mol. The first-order valence-electron chi connectivity index (χ1n) is 5.55. The van der Waals surface area contributed by atoms with Crippen molar-refractivity contribution >= 4 is 17.6 Å². The molecule has 0 unspecified atom stereocenters. The highest BCUT2D eigenvalue weighted by molar-refractivity contribution is 5.67. The monoisotopic (exact) mass is 233 g/mol. The van der Waals surface area contributed by atoms with Gasteiger partial charge < -0.3 is 16.1 Å². The van der Waals surface area contributed by atoms with E-state index in [1.165, 1.54) is 6.42 Å². The Bertz CT molecular complexity index is 445. The Labute approximate surface area is 99.4 Å². The fourth-order valence-electron chi connectivity index (χ4n) is 2.01. The number of nitrogens with two attached hydrogens (primary N) is 2. The Kier molecular flexibility index (Phi) is 3.25.